The van der Waals surface area contributed by atoms with E-state index in [-0.39, 0.29) is 0 Å². The molecule has 0 radical (unpaired) electrons. The summed E-state index contributed by atoms with van der Waals surface area (Å²) in [6.45, 7) is 0. The van der Waals surface area contributed by atoms with E-state index in [0.717, 1.165) is 44.4 Å². The van der Waals surface area contributed by atoms with E-state index in [9.17, 15) is 0 Å². The van der Waals surface area contributed by atoms with Gasteiger partial charge in [0.1, 0.15) is 22.7 Å². The maximum atomic E-state index is 6.41. The number of benzene rings is 7. The van der Waals surface area contributed by atoms with E-state index in [2.05, 4.69) is 121 Å². The maximum absolute atomic E-state index is 6.41. The summed E-state index contributed by atoms with van der Waals surface area (Å²) in [6.07, 6.45) is 0. The van der Waals surface area contributed by atoms with Gasteiger partial charge >= 0.3 is 0 Å². The van der Waals surface area contributed by atoms with Gasteiger partial charge in [0.05, 0.1) is 0 Å². The highest BCUT2D eigenvalue weighted by Crippen LogP contribution is 2.50. The van der Waals surface area contributed by atoms with E-state index in [1.165, 1.54) is 44.0 Å². The minimum atomic E-state index is 0.902. The second-order valence-electron chi connectivity index (χ2n) is 10.5. The van der Waals surface area contributed by atoms with Crippen molar-refractivity contribution >= 4 is 43.5 Å². The van der Waals surface area contributed by atoms with Crippen LogP contribution in [0, 0.1) is 0 Å². The molecule has 2 heterocycles. The molecule has 0 atom stereocenters. The van der Waals surface area contributed by atoms with Gasteiger partial charge in [0.25, 0.3) is 0 Å². The fraction of sp³-hybridized carbons (Fsp3) is 0. The van der Waals surface area contributed by atoms with Crippen molar-refractivity contribution in [3.63, 3.8) is 0 Å². The Labute approximate surface area is 230 Å². The first-order valence-corrected chi connectivity index (χ1v) is 13.6. The van der Waals surface area contributed by atoms with E-state index in [1.54, 1.807) is 0 Å². The highest BCUT2D eigenvalue weighted by molar-refractivity contribution is 6.17. The molecule has 40 heavy (non-hydrogen) atoms. The van der Waals surface area contributed by atoms with Crippen molar-refractivity contribution in [2.45, 2.75) is 0 Å². The first kappa shape index (κ1) is 21.6. The Kier molecular flexibility index (Phi) is 4.36. The van der Waals surface area contributed by atoms with Crippen molar-refractivity contribution < 1.29 is 9.15 Å². The Morgan fingerprint density at radius 2 is 1.00 bits per heavy atom. The molecule has 0 fully saturated rings. The molecule has 7 aromatic carbocycles. The Bertz CT molecular complexity index is 2300. The lowest BCUT2D eigenvalue weighted by molar-refractivity contribution is 0.487. The molecule has 1 aliphatic rings. The zero-order valence-corrected chi connectivity index (χ0v) is 21.5. The molecule has 0 aliphatic carbocycles. The molecule has 0 saturated heterocycles. The van der Waals surface area contributed by atoms with Crippen molar-refractivity contribution in [3.05, 3.63) is 133 Å². The molecule has 0 N–H and O–H groups in total. The standard InChI is InChI=1S/C38H22O2/c1-2-10-24-22-36-32(21-23(24)9-1)38-29(16-8-18-34(38)40-36)26-12-4-3-11-25(26)27-19-20-35-37-30(27)14-7-15-31(37)28-13-5-6-17-33(28)39-35/h1-22H. The monoisotopic (exact) mass is 510 g/mol. The van der Waals surface area contributed by atoms with E-state index >= 15 is 0 Å². The number of rotatable bonds is 2. The van der Waals surface area contributed by atoms with Gasteiger partial charge in [0.2, 0.25) is 0 Å². The summed E-state index contributed by atoms with van der Waals surface area (Å²) in [5.41, 5.74) is 8.89. The molecule has 1 aromatic heterocycles. The van der Waals surface area contributed by atoms with E-state index in [4.69, 9.17) is 9.15 Å². The van der Waals surface area contributed by atoms with Gasteiger partial charge in [0.15, 0.2) is 0 Å². The summed E-state index contributed by atoms with van der Waals surface area (Å²) in [5.74, 6) is 1.81. The van der Waals surface area contributed by atoms with Crippen LogP contribution in [-0.2, 0) is 0 Å². The normalized spacial score (nSPS) is 12.2. The first-order valence-electron chi connectivity index (χ1n) is 13.6. The third kappa shape index (κ3) is 2.99. The summed E-state index contributed by atoms with van der Waals surface area (Å²) in [5, 5.41) is 7.03. The van der Waals surface area contributed by atoms with Crippen molar-refractivity contribution in [2.24, 2.45) is 0 Å². The molecular formula is C38H22O2. The van der Waals surface area contributed by atoms with Crippen LogP contribution in [0.15, 0.2) is 138 Å². The van der Waals surface area contributed by atoms with Crippen LogP contribution in [0.25, 0.3) is 76.9 Å². The van der Waals surface area contributed by atoms with E-state index in [0.29, 0.717) is 0 Å². The average molecular weight is 511 g/mol. The van der Waals surface area contributed by atoms with Gasteiger partial charge in [-0.25, -0.2) is 0 Å². The Balaban J connectivity index is 1.33. The van der Waals surface area contributed by atoms with Crippen LogP contribution < -0.4 is 4.74 Å². The molecule has 8 aromatic rings. The lowest BCUT2D eigenvalue weighted by Gasteiger charge is -2.23. The molecule has 186 valence electrons. The second kappa shape index (κ2) is 8.08. The fourth-order valence-corrected chi connectivity index (χ4v) is 6.50. The minimum absolute atomic E-state index is 0.902. The Morgan fingerprint density at radius 3 is 1.85 bits per heavy atom. The molecule has 0 bridgehead atoms. The lowest BCUT2D eigenvalue weighted by atomic mass is 9.87. The predicted molar refractivity (Wildman–Crippen MR) is 165 cm³/mol. The number of furan rings is 1. The van der Waals surface area contributed by atoms with Crippen LogP contribution >= 0.6 is 0 Å². The van der Waals surface area contributed by atoms with Crippen LogP contribution in [0.2, 0.25) is 0 Å². The van der Waals surface area contributed by atoms with Gasteiger partial charge in [-0.3, -0.25) is 0 Å². The quantitative estimate of drug-likeness (QED) is 0.231. The smallest absolute Gasteiger partial charge is 0.136 e. The van der Waals surface area contributed by atoms with Gasteiger partial charge in [-0.15, -0.1) is 0 Å². The average Bonchev–Trinajstić information content (AvgIpc) is 3.38. The van der Waals surface area contributed by atoms with Crippen LogP contribution in [0.1, 0.15) is 0 Å². The highest BCUT2D eigenvalue weighted by atomic mass is 16.5. The van der Waals surface area contributed by atoms with Crippen LogP contribution in [-0.4, -0.2) is 0 Å². The molecule has 2 nitrogen and oxygen atoms in total. The van der Waals surface area contributed by atoms with E-state index in [1.807, 2.05) is 12.1 Å². The summed E-state index contributed by atoms with van der Waals surface area (Å²) < 4.78 is 12.8. The number of para-hydroxylation sites is 1. The summed E-state index contributed by atoms with van der Waals surface area (Å²) in [7, 11) is 0. The number of fused-ring (bicyclic) bond motifs is 6. The molecule has 9 rings (SSSR count). The molecule has 1 aliphatic heterocycles. The summed E-state index contributed by atoms with van der Waals surface area (Å²) >= 11 is 0. The van der Waals surface area contributed by atoms with Crippen LogP contribution in [0.5, 0.6) is 11.5 Å². The number of hydrogen-bond acceptors (Lipinski definition) is 2. The Morgan fingerprint density at radius 1 is 0.350 bits per heavy atom. The predicted octanol–water partition coefficient (Wildman–Crippen LogP) is 11.0. The topological polar surface area (TPSA) is 22.4 Å². The van der Waals surface area contributed by atoms with Gasteiger partial charge in [-0.1, -0.05) is 103 Å². The highest BCUT2D eigenvalue weighted by Gasteiger charge is 2.22. The van der Waals surface area contributed by atoms with Gasteiger partial charge in [-0.05, 0) is 74.3 Å². The van der Waals surface area contributed by atoms with Crippen molar-refractivity contribution in [2.75, 3.05) is 0 Å². The van der Waals surface area contributed by atoms with Crippen LogP contribution in [0.4, 0.5) is 0 Å². The third-order valence-electron chi connectivity index (χ3n) is 8.27. The number of hydrogen-bond donors (Lipinski definition) is 0. The van der Waals surface area contributed by atoms with Gasteiger partial charge in [-0.2, -0.15) is 0 Å². The molecule has 0 amide bonds. The van der Waals surface area contributed by atoms with Gasteiger partial charge in [0, 0.05) is 21.7 Å². The maximum Gasteiger partial charge on any atom is 0.136 e. The molecular weight excluding hydrogens is 488 g/mol. The molecule has 0 saturated carbocycles. The second-order valence-corrected chi connectivity index (χ2v) is 10.5. The van der Waals surface area contributed by atoms with Crippen LogP contribution in [0.3, 0.4) is 0 Å². The zero-order valence-electron chi connectivity index (χ0n) is 21.5. The third-order valence-corrected chi connectivity index (χ3v) is 8.27. The Hall–Kier alpha value is -5.34. The minimum Gasteiger partial charge on any atom is -0.456 e. The molecule has 0 unspecified atom stereocenters. The lowest BCUT2D eigenvalue weighted by Crippen LogP contribution is -1.98. The van der Waals surface area contributed by atoms with Crippen molar-refractivity contribution in [1.82, 2.24) is 0 Å². The van der Waals surface area contributed by atoms with Crippen molar-refractivity contribution in [1.29, 1.82) is 0 Å². The van der Waals surface area contributed by atoms with Gasteiger partial charge < -0.3 is 9.15 Å². The summed E-state index contributed by atoms with van der Waals surface area (Å²) in [6, 6.07) is 47.2. The molecule has 0 spiro atoms. The summed E-state index contributed by atoms with van der Waals surface area (Å²) in [4.78, 5) is 0. The first-order chi connectivity index (χ1) is 19.8. The van der Waals surface area contributed by atoms with Crippen molar-refractivity contribution in [3.8, 4) is 44.9 Å². The van der Waals surface area contributed by atoms with E-state index < -0.39 is 0 Å². The SMILES string of the molecule is c1ccc2c(c1)Oc1ccc(-c3ccccc3-c3cccc4oc5cc6ccccc6cc5c34)c3cccc-2c13. The fourth-order valence-electron chi connectivity index (χ4n) is 6.50. The largest absolute Gasteiger partial charge is 0.456 e. The number of ether oxygens (including phenoxy) is 1. The zero-order chi connectivity index (χ0) is 26.2. The molecule has 2 heteroatoms.